The first-order valence-electron chi connectivity index (χ1n) is 5.39. The van der Waals surface area contributed by atoms with E-state index in [-0.39, 0.29) is 5.75 Å². The zero-order valence-electron chi connectivity index (χ0n) is 9.70. The van der Waals surface area contributed by atoms with Crippen LogP contribution < -0.4 is 10.0 Å². The molecule has 0 atom stereocenters. The van der Waals surface area contributed by atoms with E-state index in [1.807, 2.05) is 18.5 Å². The predicted molar refractivity (Wildman–Crippen MR) is 75.8 cm³/mol. The van der Waals surface area contributed by atoms with Crippen molar-refractivity contribution in [3.8, 4) is 0 Å². The summed E-state index contributed by atoms with van der Waals surface area (Å²) in [5.41, 5.74) is 0. The highest BCUT2D eigenvalue weighted by atomic mass is 79.9. The van der Waals surface area contributed by atoms with Crippen LogP contribution >= 0.6 is 27.3 Å². The van der Waals surface area contributed by atoms with Crippen LogP contribution in [-0.2, 0) is 16.6 Å². The van der Waals surface area contributed by atoms with E-state index < -0.39 is 10.0 Å². The molecule has 1 rings (SSSR count). The van der Waals surface area contributed by atoms with Gasteiger partial charge in [-0.3, -0.25) is 0 Å². The molecule has 0 aliphatic rings. The fourth-order valence-corrected chi connectivity index (χ4v) is 3.91. The van der Waals surface area contributed by atoms with Gasteiger partial charge >= 0.3 is 0 Å². The Morgan fingerprint density at radius 1 is 1.41 bits per heavy atom. The van der Waals surface area contributed by atoms with E-state index in [4.69, 9.17) is 0 Å². The molecule has 0 aromatic carbocycles. The third-order valence-corrected chi connectivity index (χ3v) is 5.57. The highest BCUT2D eigenvalue weighted by Gasteiger charge is 2.10. The van der Waals surface area contributed by atoms with Crippen molar-refractivity contribution < 1.29 is 8.42 Å². The average Bonchev–Trinajstić information content (AvgIpc) is 2.68. The molecule has 4 nitrogen and oxygen atoms in total. The number of unbranched alkanes of at least 4 members (excludes halogenated alkanes) is 1. The number of sulfonamides is 1. The summed E-state index contributed by atoms with van der Waals surface area (Å²) in [7, 11) is -1.28. The van der Waals surface area contributed by atoms with Gasteiger partial charge in [0, 0.05) is 15.9 Å². The number of rotatable bonds is 8. The van der Waals surface area contributed by atoms with Gasteiger partial charge in [0.05, 0.1) is 5.75 Å². The lowest BCUT2D eigenvalue weighted by atomic mass is 10.3. The minimum atomic E-state index is -3.15. The van der Waals surface area contributed by atoms with Crippen molar-refractivity contribution >= 4 is 37.3 Å². The maximum atomic E-state index is 11.7. The fraction of sp³-hybridized carbons (Fsp3) is 0.600. The van der Waals surface area contributed by atoms with Crippen LogP contribution in [-0.4, -0.2) is 27.8 Å². The summed E-state index contributed by atoms with van der Waals surface area (Å²) in [5, 5.41) is 4.93. The number of nitrogens with one attached hydrogen (secondary N) is 2. The molecule has 0 saturated carbocycles. The third kappa shape index (κ3) is 5.96. The molecule has 0 aliphatic heterocycles. The van der Waals surface area contributed by atoms with Crippen LogP contribution in [0.15, 0.2) is 15.9 Å². The van der Waals surface area contributed by atoms with Gasteiger partial charge in [0.15, 0.2) is 0 Å². The van der Waals surface area contributed by atoms with Crippen molar-refractivity contribution in [1.82, 2.24) is 10.0 Å². The first-order valence-corrected chi connectivity index (χ1v) is 8.71. The van der Waals surface area contributed by atoms with Crippen molar-refractivity contribution in [3.05, 3.63) is 20.8 Å². The van der Waals surface area contributed by atoms with Gasteiger partial charge in [0.2, 0.25) is 10.0 Å². The Kier molecular flexibility index (Phi) is 6.65. The zero-order chi connectivity index (χ0) is 12.7. The van der Waals surface area contributed by atoms with Gasteiger partial charge in [-0.25, -0.2) is 13.1 Å². The van der Waals surface area contributed by atoms with Gasteiger partial charge in [0.25, 0.3) is 0 Å². The molecule has 0 radical (unpaired) electrons. The molecule has 0 unspecified atom stereocenters. The minimum Gasteiger partial charge on any atom is -0.320 e. The Morgan fingerprint density at radius 2 is 2.18 bits per heavy atom. The highest BCUT2D eigenvalue weighted by molar-refractivity contribution is 9.10. The Bertz CT molecular complexity index is 431. The summed E-state index contributed by atoms with van der Waals surface area (Å²) in [4.78, 5) is 1.00. The molecule has 1 heterocycles. The first-order chi connectivity index (χ1) is 8.05. The SMILES string of the molecule is CNCCCCS(=O)(=O)NCc1sccc1Br. The average molecular weight is 341 g/mol. The lowest BCUT2D eigenvalue weighted by Crippen LogP contribution is -2.26. The molecule has 0 fully saturated rings. The highest BCUT2D eigenvalue weighted by Crippen LogP contribution is 2.22. The molecule has 1 aromatic rings. The second-order valence-corrected chi connectivity index (χ2v) is 7.42. The van der Waals surface area contributed by atoms with E-state index in [0.29, 0.717) is 13.0 Å². The first kappa shape index (κ1) is 15.1. The van der Waals surface area contributed by atoms with Crippen LogP contribution in [0.25, 0.3) is 0 Å². The fourth-order valence-electron chi connectivity index (χ4n) is 1.29. The third-order valence-electron chi connectivity index (χ3n) is 2.23. The summed E-state index contributed by atoms with van der Waals surface area (Å²) in [5.74, 6) is 0.192. The van der Waals surface area contributed by atoms with Gasteiger partial charge in [-0.05, 0) is 53.8 Å². The van der Waals surface area contributed by atoms with E-state index in [1.165, 1.54) is 11.3 Å². The number of hydrogen-bond donors (Lipinski definition) is 2. The van der Waals surface area contributed by atoms with E-state index in [2.05, 4.69) is 26.0 Å². The summed E-state index contributed by atoms with van der Waals surface area (Å²) in [6.45, 7) is 1.22. The van der Waals surface area contributed by atoms with Crippen molar-refractivity contribution in [3.63, 3.8) is 0 Å². The van der Waals surface area contributed by atoms with E-state index in [1.54, 1.807) is 0 Å². The molecule has 0 aliphatic carbocycles. The van der Waals surface area contributed by atoms with E-state index >= 15 is 0 Å². The van der Waals surface area contributed by atoms with Crippen LogP contribution in [0.3, 0.4) is 0 Å². The standard InChI is InChI=1S/C10H17BrN2O2S2/c1-12-5-2-3-7-17(14,15)13-8-10-9(11)4-6-16-10/h4,6,12-13H,2-3,5,7-8H2,1H3. The summed E-state index contributed by atoms with van der Waals surface area (Å²) >= 11 is 4.91. The minimum absolute atomic E-state index is 0.192. The van der Waals surface area contributed by atoms with Gasteiger partial charge in [-0.15, -0.1) is 11.3 Å². The molecular weight excluding hydrogens is 324 g/mol. The van der Waals surface area contributed by atoms with Crippen LogP contribution in [0.4, 0.5) is 0 Å². The smallest absolute Gasteiger partial charge is 0.211 e. The number of halogens is 1. The Balaban J connectivity index is 2.32. The Labute approximate surface area is 115 Å². The Hall–Kier alpha value is 0.0500. The van der Waals surface area contributed by atoms with Crippen LogP contribution in [0.2, 0.25) is 0 Å². The van der Waals surface area contributed by atoms with Crippen molar-refractivity contribution in [2.75, 3.05) is 19.3 Å². The predicted octanol–water partition coefficient (Wildman–Crippen LogP) is 1.93. The topological polar surface area (TPSA) is 58.2 Å². The van der Waals surface area contributed by atoms with E-state index in [9.17, 15) is 8.42 Å². The molecule has 17 heavy (non-hydrogen) atoms. The lowest BCUT2D eigenvalue weighted by molar-refractivity contribution is 0.576. The quantitative estimate of drug-likeness (QED) is 0.711. The largest absolute Gasteiger partial charge is 0.320 e. The molecule has 1 aromatic heterocycles. The molecule has 0 bridgehead atoms. The Morgan fingerprint density at radius 3 is 2.76 bits per heavy atom. The summed E-state index contributed by atoms with van der Waals surface area (Å²) in [6.07, 6.45) is 1.56. The summed E-state index contributed by atoms with van der Waals surface area (Å²) in [6, 6.07) is 1.92. The normalized spacial score (nSPS) is 11.9. The molecule has 98 valence electrons. The number of hydrogen-bond acceptors (Lipinski definition) is 4. The molecular formula is C10H17BrN2O2S2. The second-order valence-electron chi connectivity index (χ2n) is 3.64. The van der Waals surface area contributed by atoms with Gasteiger partial charge < -0.3 is 5.32 Å². The molecule has 0 saturated heterocycles. The zero-order valence-corrected chi connectivity index (χ0v) is 12.9. The lowest BCUT2D eigenvalue weighted by Gasteiger charge is -2.05. The van der Waals surface area contributed by atoms with E-state index in [0.717, 1.165) is 22.3 Å². The van der Waals surface area contributed by atoms with Gasteiger partial charge in [0.1, 0.15) is 0 Å². The molecule has 2 N–H and O–H groups in total. The van der Waals surface area contributed by atoms with Crippen LogP contribution in [0, 0.1) is 0 Å². The molecule has 7 heteroatoms. The maximum absolute atomic E-state index is 11.7. The maximum Gasteiger partial charge on any atom is 0.211 e. The molecule has 0 amide bonds. The van der Waals surface area contributed by atoms with Crippen LogP contribution in [0.5, 0.6) is 0 Å². The number of thiophene rings is 1. The summed E-state index contributed by atoms with van der Waals surface area (Å²) < 4.78 is 26.9. The monoisotopic (exact) mass is 340 g/mol. The van der Waals surface area contributed by atoms with Crippen molar-refractivity contribution in [1.29, 1.82) is 0 Å². The molecule has 0 spiro atoms. The van der Waals surface area contributed by atoms with Crippen LogP contribution in [0.1, 0.15) is 17.7 Å². The van der Waals surface area contributed by atoms with Gasteiger partial charge in [-0.1, -0.05) is 0 Å². The van der Waals surface area contributed by atoms with Crippen molar-refractivity contribution in [2.45, 2.75) is 19.4 Å². The van der Waals surface area contributed by atoms with Crippen molar-refractivity contribution in [2.24, 2.45) is 0 Å². The second kappa shape index (κ2) is 7.48. The van der Waals surface area contributed by atoms with Gasteiger partial charge in [-0.2, -0.15) is 0 Å².